The fraction of sp³-hybridized carbons (Fsp3) is 0.875. The van der Waals surface area contributed by atoms with Crippen molar-refractivity contribution in [3.63, 3.8) is 0 Å². The summed E-state index contributed by atoms with van der Waals surface area (Å²) in [7, 11) is 0. The van der Waals surface area contributed by atoms with E-state index in [0.717, 1.165) is 18.2 Å². The first-order chi connectivity index (χ1) is 5.40. The van der Waals surface area contributed by atoms with E-state index in [1.165, 1.54) is 0 Å². The molecule has 0 spiro atoms. The van der Waals surface area contributed by atoms with Crippen molar-refractivity contribution >= 4 is 17.5 Å². The Bertz CT molecular complexity index is 157. The number of nitrogens with two attached hydrogens (primary N) is 1. The number of Topliss-reactive ketones (excluding diaryl/α,β-unsaturated/α-hetero) is 1. The molecule has 0 aromatic heterocycles. The van der Waals surface area contributed by atoms with Crippen LogP contribution in [0.15, 0.2) is 0 Å². The summed E-state index contributed by atoms with van der Waals surface area (Å²) in [5.41, 5.74) is 5.31. The molecule has 0 saturated heterocycles. The number of hydrogen-bond acceptors (Lipinski definition) is 4. The van der Waals surface area contributed by atoms with Crippen LogP contribution in [0.2, 0.25) is 0 Å². The Morgan fingerprint density at radius 1 is 1.67 bits per heavy atom. The standard InChI is InChI=1S/C8H17NO2S/c1-6(2)4-5-7(10)8(9,11)12-3/h6,11H,4-5,9H2,1-3H3. The summed E-state index contributed by atoms with van der Waals surface area (Å²) >= 11 is 0.971. The summed E-state index contributed by atoms with van der Waals surface area (Å²) in [5, 5.41) is 7.61. The quantitative estimate of drug-likeness (QED) is 0.635. The molecule has 0 fully saturated rings. The number of carbonyl (C=O) groups is 1. The highest BCUT2D eigenvalue weighted by molar-refractivity contribution is 8.00. The van der Waals surface area contributed by atoms with Gasteiger partial charge in [0.2, 0.25) is 5.06 Å². The van der Waals surface area contributed by atoms with Gasteiger partial charge >= 0.3 is 0 Å². The lowest BCUT2D eigenvalue weighted by atomic mass is 10.1. The normalized spacial score (nSPS) is 16.2. The number of carbonyl (C=O) groups excluding carboxylic acids is 1. The van der Waals surface area contributed by atoms with E-state index in [1.807, 2.05) is 13.8 Å². The van der Waals surface area contributed by atoms with Crippen LogP contribution in [0.3, 0.4) is 0 Å². The first-order valence-electron chi connectivity index (χ1n) is 4.00. The summed E-state index contributed by atoms with van der Waals surface area (Å²) in [6.07, 6.45) is 2.75. The van der Waals surface area contributed by atoms with Crippen LogP contribution in [-0.4, -0.2) is 22.2 Å². The molecule has 12 heavy (non-hydrogen) atoms. The van der Waals surface area contributed by atoms with Crippen molar-refractivity contribution < 1.29 is 9.90 Å². The Morgan fingerprint density at radius 3 is 2.50 bits per heavy atom. The van der Waals surface area contributed by atoms with Gasteiger partial charge in [-0.15, -0.1) is 11.8 Å². The van der Waals surface area contributed by atoms with Gasteiger partial charge in [0.1, 0.15) is 0 Å². The van der Waals surface area contributed by atoms with Gasteiger partial charge < -0.3 is 5.11 Å². The van der Waals surface area contributed by atoms with Gasteiger partial charge in [-0.2, -0.15) is 0 Å². The smallest absolute Gasteiger partial charge is 0.222 e. The minimum atomic E-state index is -1.69. The first-order valence-corrected chi connectivity index (χ1v) is 5.22. The molecule has 0 aliphatic heterocycles. The Kier molecular flexibility index (Phi) is 4.82. The third-order valence-electron chi connectivity index (χ3n) is 1.66. The predicted octanol–water partition coefficient (Wildman–Crippen LogP) is 0.960. The molecule has 72 valence electrons. The van der Waals surface area contributed by atoms with Crippen LogP contribution in [0, 0.1) is 5.92 Å². The predicted molar refractivity (Wildman–Crippen MR) is 51.7 cm³/mol. The van der Waals surface area contributed by atoms with E-state index in [-0.39, 0.29) is 5.78 Å². The molecule has 3 nitrogen and oxygen atoms in total. The molecule has 3 N–H and O–H groups in total. The topological polar surface area (TPSA) is 63.3 Å². The van der Waals surface area contributed by atoms with Gasteiger partial charge in [-0.05, 0) is 18.6 Å². The second kappa shape index (κ2) is 4.84. The summed E-state index contributed by atoms with van der Waals surface area (Å²) < 4.78 is 0. The van der Waals surface area contributed by atoms with E-state index in [2.05, 4.69) is 0 Å². The molecule has 0 amide bonds. The van der Waals surface area contributed by atoms with Crippen molar-refractivity contribution in [1.82, 2.24) is 0 Å². The van der Waals surface area contributed by atoms with Crippen LogP contribution >= 0.6 is 11.8 Å². The second-order valence-corrected chi connectivity index (χ2v) is 4.29. The summed E-state index contributed by atoms with van der Waals surface area (Å²) in [6, 6.07) is 0. The summed E-state index contributed by atoms with van der Waals surface area (Å²) in [6.45, 7) is 4.06. The van der Waals surface area contributed by atoms with Crippen LogP contribution in [-0.2, 0) is 4.79 Å². The van der Waals surface area contributed by atoms with E-state index >= 15 is 0 Å². The fourth-order valence-corrected chi connectivity index (χ4v) is 1.04. The lowest BCUT2D eigenvalue weighted by Crippen LogP contribution is -2.44. The van der Waals surface area contributed by atoms with Crippen molar-refractivity contribution in [3.8, 4) is 0 Å². The van der Waals surface area contributed by atoms with E-state index in [1.54, 1.807) is 6.26 Å². The molecule has 0 aromatic carbocycles. The molecule has 1 atom stereocenters. The Hall–Kier alpha value is -0.0600. The van der Waals surface area contributed by atoms with Crippen LogP contribution in [0.1, 0.15) is 26.7 Å². The number of thioether (sulfide) groups is 1. The highest BCUT2D eigenvalue weighted by atomic mass is 32.2. The van der Waals surface area contributed by atoms with Gasteiger partial charge in [0, 0.05) is 6.42 Å². The zero-order chi connectivity index (χ0) is 9.78. The van der Waals surface area contributed by atoms with Crippen molar-refractivity contribution in [1.29, 1.82) is 0 Å². The monoisotopic (exact) mass is 191 g/mol. The van der Waals surface area contributed by atoms with Gasteiger partial charge in [-0.25, -0.2) is 0 Å². The van der Waals surface area contributed by atoms with Crippen molar-refractivity contribution in [2.24, 2.45) is 11.7 Å². The molecule has 0 heterocycles. The minimum absolute atomic E-state index is 0.288. The van der Waals surface area contributed by atoms with Crippen molar-refractivity contribution in [2.75, 3.05) is 6.26 Å². The molecule has 0 saturated carbocycles. The molecular weight excluding hydrogens is 174 g/mol. The van der Waals surface area contributed by atoms with Gasteiger partial charge in [0.25, 0.3) is 0 Å². The molecule has 0 aliphatic rings. The summed E-state index contributed by atoms with van der Waals surface area (Å²) in [5.74, 6) is 0.176. The maximum Gasteiger partial charge on any atom is 0.222 e. The maximum atomic E-state index is 11.2. The van der Waals surface area contributed by atoms with Gasteiger partial charge in [-0.1, -0.05) is 13.8 Å². The number of ketones is 1. The minimum Gasteiger partial charge on any atom is -0.361 e. The first kappa shape index (κ1) is 11.9. The number of hydrogen-bond donors (Lipinski definition) is 2. The molecule has 0 aliphatic carbocycles. The zero-order valence-corrected chi connectivity index (χ0v) is 8.65. The highest BCUT2D eigenvalue weighted by Crippen LogP contribution is 2.17. The number of aliphatic hydroxyl groups is 1. The largest absolute Gasteiger partial charge is 0.361 e. The zero-order valence-electron chi connectivity index (χ0n) is 7.83. The van der Waals surface area contributed by atoms with Crippen molar-refractivity contribution in [3.05, 3.63) is 0 Å². The SMILES string of the molecule is CSC(N)(O)C(=O)CCC(C)C. The third kappa shape index (κ3) is 4.09. The van der Waals surface area contributed by atoms with Gasteiger partial charge in [0.15, 0.2) is 5.78 Å². The molecular formula is C8H17NO2S. The molecule has 1 unspecified atom stereocenters. The van der Waals surface area contributed by atoms with E-state index in [9.17, 15) is 9.90 Å². The number of rotatable bonds is 5. The van der Waals surface area contributed by atoms with Crippen LogP contribution in [0.25, 0.3) is 0 Å². The van der Waals surface area contributed by atoms with Gasteiger partial charge in [-0.3, -0.25) is 10.5 Å². The molecule has 4 heteroatoms. The van der Waals surface area contributed by atoms with Crippen LogP contribution in [0.5, 0.6) is 0 Å². The Balaban J connectivity index is 3.88. The Morgan fingerprint density at radius 2 is 2.17 bits per heavy atom. The van der Waals surface area contributed by atoms with Crippen LogP contribution < -0.4 is 5.73 Å². The second-order valence-electron chi connectivity index (χ2n) is 3.26. The molecule has 0 rings (SSSR count). The molecule has 0 radical (unpaired) electrons. The third-order valence-corrected chi connectivity index (χ3v) is 2.51. The van der Waals surface area contributed by atoms with E-state index in [0.29, 0.717) is 12.3 Å². The fourth-order valence-electron chi connectivity index (χ4n) is 0.713. The summed E-state index contributed by atoms with van der Waals surface area (Å²) in [4.78, 5) is 11.2. The van der Waals surface area contributed by atoms with Crippen LogP contribution in [0.4, 0.5) is 0 Å². The van der Waals surface area contributed by atoms with E-state index in [4.69, 9.17) is 5.73 Å². The molecule has 0 bridgehead atoms. The highest BCUT2D eigenvalue weighted by Gasteiger charge is 2.28. The average Bonchev–Trinajstić information content (AvgIpc) is 2.00. The van der Waals surface area contributed by atoms with Gasteiger partial charge in [0.05, 0.1) is 0 Å². The lowest BCUT2D eigenvalue weighted by Gasteiger charge is -2.18. The molecule has 0 aromatic rings. The average molecular weight is 191 g/mol. The Labute approximate surface area is 77.7 Å². The lowest BCUT2D eigenvalue weighted by molar-refractivity contribution is -0.129. The van der Waals surface area contributed by atoms with E-state index < -0.39 is 5.06 Å². The van der Waals surface area contributed by atoms with Crippen molar-refractivity contribution in [2.45, 2.75) is 31.7 Å². The maximum absolute atomic E-state index is 11.2.